The zero-order valence-electron chi connectivity index (χ0n) is 18.5. The quantitative estimate of drug-likeness (QED) is 0.722. The SMILES string of the molecule is Cc1cccc(CN(C(=O)C2CNCCC2NC(=O)c2c(F)cccc2F)C2CC2)c1C. The summed E-state index contributed by atoms with van der Waals surface area (Å²) in [6.45, 7) is 5.68. The van der Waals surface area contributed by atoms with E-state index in [-0.39, 0.29) is 11.9 Å². The van der Waals surface area contributed by atoms with Crippen LogP contribution < -0.4 is 10.6 Å². The molecule has 170 valence electrons. The molecule has 1 aliphatic heterocycles. The number of carbonyl (C=O) groups excluding carboxylic acids is 2. The van der Waals surface area contributed by atoms with Crippen LogP contribution in [0.1, 0.15) is 46.3 Å². The second kappa shape index (κ2) is 9.36. The zero-order chi connectivity index (χ0) is 22.8. The van der Waals surface area contributed by atoms with Gasteiger partial charge >= 0.3 is 0 Å². The lowest BCUT2D eigenvalue weighted by Crippen LogP contribution is -2.55. The van der Waals surface area contributed by atoms with Crippen molar-refractivity contribution in [3.05, 3.63) is 70.3 Å². The van der Waals surface area contributed by atoms with Crippen molar-refractivity contribution in [1.82, 2.24) is 15.5 Å². The third kappa shape index (κ3) is 4.67. The largest absolute Gasteiger partial charge is 0.348 e. The third-order valence-electron chi connectivity index (χ3n) is 6.63. The second-order valence-corrected chi connectivity index (χ2v) is 8.83. The Morgan fingerprint density at radius 2 is 1.75 bits per heavy atom. The summed E-state index contributed by atoms with van der Waals surface area (Å²) in [6, 6.07) is 9.15. The summed E-state index contributed by atoms with van der Waals surface area (Å²) < 4.78 is 28.2. The Kier molecular flexibility index (Phi) is 6.55. The second-order valence-electron chi connectivity index (χ2n) is 8.83. The summed E-state index contributed by atoms with van der Waals surface area (Å²) in [6.07, 6.45) is 2.45. The van der Waals surface area contributed by atoms with Crippen LogP contribution in [0.5, 0.6) is 0 Å². The summed E-state index contributed by atoms with van der Waals surface area (Å²) in [7, 11) is 0. The van der Waals surface area contributed by atoms with Crippen LogP contribution in [-0.2, 0) is 11.3 Å². The van der Waals surface area contributed by atoms with Crippen molar-refractivity contribution in [1.29, 1.82) is 0 Å². The molecule has 4 rings (SSSR count). The first kappa shape index (κ1) is 22.4. The standard InChI is InChI=1S/C25H29F2N3O2/c1-15-5-3-6-17(16(15)2)14-30(18-9-10-18)25(32)19-13-28-12-11-22(19)29-24(31)23-20(26)7-4-8-21(23)27/h3-8,18-19,22,28H,9-14H2,1-2H3,(H,29,31). The van der Waals surface area contributed by atoms with E-state index in [1.165, 1.54) is 17.2 Å². The molecule has 0 bridgehead atoms. The lowest BCUT2D eigenvalue weighted by atomic mass is 9.91. The van der Waals surface area contributed by atoms with Gasteiger partial charge in [0.15, 0.2) is 0 Å². The molecule has 7 heteroatoms. The molecule has 1 aliphatic carbocycles. The van der Waals surface area contributed by atoms with E-state index < -0.39 is 35.1 Å². The molecule has 2 unspecified atom stereocenters. The minimum Gasteiger partial charge on any atom is -0.348 e. The smallest absolute Gasteiger partial charge is 0.257 e. The summed E-state index contributed by atoms with van der Waals surface area (Å²) in [4.78, 5) is 28.2. The number of piperidine rings is 1. The van der Waals surface area contributed by atoms with Crippen LogP contribution in [0.4, 0.5) is 8.78 Å². The van der Waals surface area contributed by atoms with E-state index in [2.05, 4.69) is 30.5 Å². The molecule has 2 N–H and O–H groups in total. The number of hydrogen-bond donors (Lipinski definition) is 2. The van der Waals surface area contributed by atoms with Gasteiger partial charge in [-0.25, -0.2) is 8.78 Å². The number of carbonyl (C=O) groups is 2. The van der Waals surface area contributed by atoms with Crippen molar-refractivity contribution in [2.75, 3.05) is 13.1 Å². The summed E-state index contributed by atoms with van der Waals surface area (Å²) in [5.41, 5.74) is 2.87. The number of aryl methyl sites for hydroxylation is 1. The molecule has 2 aromatic rings. The van der Waals surface area contributed by atoms with E-state index in [1.54, 1.807) is 0 Å². The Morgan fingerprint density at radius 1 is 1.06 bits per heavy atom. The predicted molar refractivity (Wildman–Crippen MR) is 118 cm³/mol. The van der Waals surface area contributed by atoms with Crippen LogP contribution in [0.2, 0.25) is 0 Å². The Morgan fingerprint density at radius 3 is 2.44 bits per heavy atom. The fraction of sp³-hybridized carbons (Fsp3) is 0.440. The molecule has 1 saturated heterocycles. The maximum atomic E-state index is 14.1. The van der Waals surface area contributed by atoms with Crippen LogP contribution in [0.15, 0.2) is 36.4 Å². The topological polar surface area (TPSA) is 61.4 Å². The number of halogens is 2. The molecule has 2 aliphatic rings. The highest BCUT2D eigenvalue weighted by Crippen LogP contribution is 2.32. The van der Waals surface area contributed by atoms with Gasteiger partial charge in [-0.15, -0.1) is 0 Å². The molecular weight excluding hydrogens is 412 g/mol. The lowest BCUT2D eigenvalue weighted by Gasteiger charge is -2.36. The number of amides is 2. The van der Waals surface area contributed by atoms with Gasteiger partial charge in [0.2, 0.25) is 5.91 Å². The van der Waals surface area contributed by atoms with Gasteiger partial charge in [0.25, 0.3) is 5.91 Å². The Labute approximate surface area is 187 Å². The van der Waals surface area contributed by atoms with Crippen molar-refractivity contribution >= 4 is 11.8 Å². The fourth-order valence-corrected chi connectivity index (χ4v) is 4.40. The van der Waals surface area contributed by atoms with Gasteiger partial charge in [0.1, 0.15) is 17.2 Å². The Balaban J connectivity index is 1.53. The summed E-state index contributed by atoms with van der Waals surface area (Å²) >= 11 is 0. The van der Waals surface area contributed by atoms with Gasteiger partial charge in [-0.2, -0.15) is 0 Å². The van der Waals surface area contributed by atoms with Gasteiger partial charge < -0.3 is 15.5 Å². The fourth-order valence-electron chi connectivity index (χ4n) is 4.40. The van der Waals surface area contributed by atoms with Crippen LogP contribution in [0, 0.1) is 31.4 Å². The normalized spacial score (nSPS) is 20.6. The minimum atomic E-state index is -0.908. The van der Waals surface area contributed by atoms with Gasteiger partial charge in [0, 0.05) is 25.2 Å². The number of hydrogen-bond acceptors (Lipinski definition) is 3. The average Bonchev–Trinajstić information content (AvgIpc) is 3.60. The van der Waals surface area contributed by atoms with E-state index in [4.69, 9.17) is 0 Å². The predicted octanol–water partition coefficient (Wildman–Crippen LogP) is 3.48. The highest BCUT2D eigenvalue weighted by Gasteiger charge is 2.40. The molecule has 1 saturated carbocycles. The highest BCUT2D eigenvalue weighted by molar-refractivity contribution is 5.95. The van der Waals surface area contributed by atoms with E-state index in [0.717, 1.165) is 30.5 Å². The van der Waals surface area contributed by atoms with Crippen molar-refractivity contribution in [3.63, 3.8) is 0 Å². The first-order chi connectivity index (χ1) is 15.4. The van der Waals surface area contributed by atoms with Crippen molar-refractivity contribution in [2.45, 2.75) is 51.7 Å². The molecule has 0 spiro atoms. The highest BCUT2D eigenvalue weighted by atomic mass is 19.1. The molecule has 2 aromatic carbocycles. The van der Waals surface area contributed by atoms with Crippen molar-refractivity contribution in [3.8, 4) is 0 Å². The van der Waals surface area contributed by atoms with Crippen molar-refractivity contribution < 1.29 is 18.4 Å². The monoisotopic (exact) mass is 441 g/mol. The van der Waals surface area contributed by atoms with E-state index >= 15 is 0 Å². The van der Waals surface area contributed by atoms with Crippen molar-refractivity contribution in [2.24, 2.45) is 5.92 Å². The van der Waals surface area contributed by atoms with Crippen LogP contribution >= 0.6 is 0 Å². The number of nitrogens with one attached hydrogen (secondary N) is 2. The molecule has 32 heavy (non-hydrogen) atoms. The molecular formula is C25H29F2N3O2. The van der Waals surface area contributed by atoms with Gasteiger partial charge in [-0.3, -0.25) is 9.59 Å². The molecule has 2 fully saturated rings. The molecule has 0 aromatic heterocycles. The lowest BCUT2D eigenvalue weighted by molar-refractivity contribution is -0.138. The van der Waals surface area contributed by atoms with E-state index in [0.29, 0.717) is 26.1 Å². The molecule has 2 atom stereocenters. The maximum absolute atomic E-state index is 14.1. The maximum Gasteiger partial charge on any atom is 0.257 e. The first-order valence-corrected chi connectivity index (χ1v) is 11.2. The third-order valence-corrected chi connectivity index (χ3v) is 6.63. The average molecular weight is 442 g/mol. The number of nitrogens with zero attached hydrogens (tertiary/aromatic N) is 1. The molecule has 0 radical (unpaired) electrons. The number of rotatable bonds is 6. The van der Waals surface area contributed by atoms with E-state index in [1.807, 2.05) is 17.0 Å². The summed E-state index contributed by atoms with van der Waals surface area (Å²) in [5.74, 6) is -3.16. The Hall–Kier alpha value is -2.80. The van der Waals surface area contributed by atoms with Gasteiger partial charge in [0.05, 0.1) is 5.92 Å². The van der Waals surface area contributed by atoms with Crippen LogP contribution in [0.3, 0.4) is 0 Å². The van der Waals surface area contributed by atoms with Crippen LogP contribution in [0.25, 0.3) is 0 Å². The van der Waals surface area contributed by atoms with Crippen LogP contribution in [-0.4, -0.2) is 41.9 Å². The van der Waals surface area contributed by atoms with Gasteiger partial charge in [-0.05, 0) is 68.5 Å². The zero-order valence-corrected chi connectivity index (χ0v) is 18.5. The summed E-state index contributed by atoms with van der Waals surface area (Å²) in [5, 5.41) is 5.97. The van der Waals surface area contributed by atoms with Gasteiger partial charge in [-0.1, -0.05) is 24.3 Å². The first-order valence-electron chi connectivity index (χ1n) is 11.2. The molecule has 5 nitrogen and oxygen atoms in total. The Bertz CT molecular complexity index is 1000. The number of benzene rings is 2. The van der Waals surface area contributed by atoms with E-state index in [9.17, 15) is 18.4 Å². The molecule has 1 heterocycles. The minimum absolute atomic E-state index is 0.0279. The molecule has 2 amide bonds.